The van der Waals surface area contributed by atoms with Crippen LogP contribution in [0.15, 0.2) is 23.3 Å². The minimum atomic E-state index is -4.42. The minimum Gasteiger partial charge on any atom is -0.476 e. The number of amides is 1. The molecular formula is C21H33F3IN5O2. The van der Waals surface area contributed by atoms with Crippen molar-refractivity contribution in [2.75, 3.05) is 19.7 Å². The van der Waals surface area contributed by atoms with E-state index in [1.807, 2.05) is 20.8 Å². The van der Waals surface area contributed by atoms with E-state index in [1.54, 1.807) is 0 Å². The van der Waals surface area contributed by atoms with Crippen LogP contribution in [0.5, 0.6) is 5.88 Å². The van der Waals surface area contributed by atoms with Gasteiger partial charge in [0.15, 0.2) is 5.96 Å². The molecule has 7 nitrogen and oxygen atoms in total. The summed E-state index contributed by atoms with van der Waals surface area (Å²) in [5.74, 6) is 0.834. The van der Waals surface area contributed by atoms with Crippen LogP contribution < -0.4 is 20.7 Å². The Morgan fingerprint density at radius 3 is 2.66 bits per heavy atom. The first-order valence-corrected chi connectivity index (χ1v) is 10.7. The van der Waals surface area contributed by atoms with Gasteiger partial charge in [-0.3, -0.25) is 4.79 Å². The van der Waals surface area contributed by atoms with Crippen LogP contribution in [0.3, 0.4) is 0 Å². The Morgan fingerprint density at radius 2 is 2.06 bits per heavy atom. The number of hydrogen-bond acceptors (Lipinski definition) is 4. The van der Waals surface area contributed by atoms with Gasteiger partial charge in [0, 0.05) is 36.8 Å². The molecular weight excluding hydrogens is 538 g/mol. The summed E-state index contributed by atoms with van der Waals surface area (Å²) in [6, 6.07) is 2.40. The molecule has 1 heterocycles. The zero-order valence-electron chi connectivity index (χ0n) is 18.7. The maximum absolute atomic E-state index is 12.6. The van der Waals surface area contributed by atoms with Crippen LogP contribution in [-0.4, -0.2) is 48.6 Å². The molecule has 182 valence electrons. The van der Waals surface area contributed by atoms with Crippen molar-refractivity contribution < 1.29 is 22.7 Å². The number of ether oxygens (including phenoxy) is 1. The predicted octanol–water partition coefficient (Wildman–Crippen LogP) is 3.74. The molecule has 0 aromatic carbocycles. The first kappa shape index (κ1) is 28.2. The van der Waals surface area contributed by atoms with E-state index in [9.17, 15) is 18.0 Å². The van der Waals surface area contributed by atoms with Crippen molar-refractivity contribution in [2.45, 2.75) is 64.7 Å². The topological polar surface area (TPSA) is 87.6 Å². The van der Waals surface area contributed by atoms with E-state index in [0.717, 1.165) is 37.9 Å². The van der Waals surface area contributed by atoms with Gasteiger partial charge >= 0.3 is 6.18 Å². The van der Waals surface area contributed by atoms with E-state index in [2.05, 4.69) is 25.9 Å². The van der Waals surface area contributed by atoms with Crippen molar-refractivity contribution in [3.8, 4) is 5.88 Å². The summed E-state index contributed by atoms with van der Waals surface area (Å²) in [4.78, 5) is 20.5. The number of rotatable bonds is 8. The Kier molecular flexibility index (Phi) is 12.1. The fourth-order valence-corrected chi connectivity index (χ4v) is 3.42. The first-order chi connectivity index (χ1) is 14.7. The smallest absolute Gasteiger partial charge is 0.417 e. The molecule has 2 rings (SSSR count). The number of nitrogens with zero attached hydrogens (tertiary/aromatic N) is 2. The zero-order chi connectivity index (χ0) is 22.9. The van der Waals surface area contributed by atoms with Gasteiger partial charge in [0.2, 0.25) is 11.8 Å². The molecule has 1 aliphatic rings. The molecule has 11 heteroatoms. The highest BCUT2D eigenvalue weighted by molar-refractivity contribution is 14.0. The summed E-state index contributed by atoms with van der Waals surface area (Å²) in [5.41, 5.74) is -0.815. The molecule has 1 amide bonds. The van der Waals surface area contributed by atoms with E-state index in [0.29, 0.717) is 19.0 Å². The Morgan fingerprint density at radius 1 is 1.31 bits per heavy atom. The Hall–Kier alpha value is -1.79. The lowest BCUT2D eigenvalue weighted by Crippen LogP contribution is -2.47. The van der Waals surface area contributed by atoms with Gasteiger partial charge in [0.1, 0.15) is 6.61 Å². The summed E-state index contributed by atoms with van der Waals surface area (Å²) in [6.07, 6.45) is -0.111. The number of pyridine rings is 1. The third-order valence-electron chi connectivity index (χ3n) is 4.84. The van der Waals surface area contributed by atoms with Crippen LogP contribution in [0.4, 0.5) is 13.2 Å². The lowest BCUT2D eigenvalue weighted by Gasteiger charge is -2.30. The largest absolute Gasteiger partial charge is 0.476 e. The Bertz CT molecular complexity index is 729. The number of carbonyl (C=O) groups excluding carboxylic acids is 1. The van der Waals surface area contributed by atoms with E-state index in [1.165, 1.54) is 6.07 Å². The highest BCUT2D eigenvalue weighted by atomic mass is 127. The third-order valence-corrected chi connectivity index (χ3v) is 4.84. The molecule has 2 unspecified atom stereocenters. The highest BCUT2D eigenvalue weighted by Gasteiger charge is 2.31. The molecule has 3 N–H and O–H groups in total. The average molecular weight is 571 g/mol. The highest BCUT2D eigenvalue weighted by Crippen LogP contribution is 2.29. The normalized spacial score (nSPS) is 19.2. The van der Waals surface area contributed by atoms with E-state index in [4.69, 9.17) is 4.74 Å². The SMILES string of the molecule is CCNC(=NCCOc1ccc(C(F)(F)F)cn1)NC1CCCC(C(=O)NC(C)C)C1.I. The second kappa shape index (κ2) is 13.7. The lowest BCUT2D eigenvalue weighted by atomic mass is 9.85. The van der Waals surface area contributed by atoms with Crippen molar-refractivity contribution in [1.29, 1.82) is 0 Å². The van der Waals surface area contributed by atoms with Gasteiger partial charge in [-0.1, -0.05) is 6.42 Å². The molecule has 1 fully saturated rings. The van der Waals surface area contributed by atoms with Crippen LogP contribution >= 0.6 is 24.0 Å². The lowest BCUT2D eigenvalue weighted by molar-refractivity contribution is -0.137. The van der Waals surface area contributed by atoms with Crippen LogP contribution in [0, 0.1) is 5.92 Å². The zero-order valence-corrected chi connectivity index (χ0v) is 21.0. The number of guanidine groups is 1. The van der Waals surface area contributed by atoms with Crippen LogP contribution in [0.1, 0.15) is 52.0 Å². The number of halogens is 4. The molecule has 0 bridgehead atoms. The van der Waals surface area contributed by atoms with Crippen molar-refractivity contribution in [3.63, 3.8) is 0 Å². The van der Waals surface area contributed by atoms with Gasteiger partial charge in [0.05, 0.1) is 12.1 Å². The maximum atomic E-state index is 12.6. The van der Waals surface area contributed by atoms with Crippen LogP contribution in [0.2, 0.25) is 0 Å². The second-order valence-electron chi connectivity index (χ2n) is 7.86. The van der Waals surface area contributed by atoms with Crippen molar-refractivity contribution >= 4 is 35.8 Å². The van der Waals surface area contributed by atoms with Crippen molar-refractivity contribution in [3.05, 3.63) is 23.9 Å². The average Bonchev–Trinajstić information content (AvgIpc) is 2.70. The van der Waals surface area contributed by atoms with Gasteiger partial charge in [-0.05, 0) is 46.1 Å². The van der Waals surface area contributed by atoms with Crippen LogP contribution in [-0.2, 0) is 11.0 Å². The summed E-state index contributed by atoms with van der Waals surface area (Å²) >= 11 is 0. The first-order valence-electron chi connectivity index (χ1n) is 10.7. The van der Waals surface area contributed by atoms with E-state index < -0.39 is 11.7 Å². The van der Waals surface area contributed by atoms with E-state index in [-0.39, 0.29) is 60.4 Å². The minimum absolute atomic E-state index is 0. The fourth-order valence-electron chi connectivity index (χ4n) is 3.42. The second-order valence-corrected chi connectivity index (χ2v) is 7.86. The molecule has 1 aromatic rings. The summed E-state index contributed by atoms with van der Waals surface area (Å²) in [5, 5.41) is 9.53. The Labute approximate surface area is 204 Å². The number of aliphatic imine (C=N–C) groups is 1. The molecule has 1 saturated carbocycles. The number of alkyl halides is 3. The standard InChI is InChI=1S/C21H32F3N5O2.HI/c1-4-25-20(29-17-7-5-6-15(12-17)19(30)28-14(2)3)26-10-11-31-18-9-8-16(13-27-18)21(22,23)24;/h8-9,13-15,17H,4-7,10-12H2,1-3H3,(H,28,30)(H2,25,26,29);1H. The van der Waals surface area contributed by atoms with Crippen molar-refractivity contribution in [2.24, 2.45) is 10.9 Å². The van der Waals surface area contributed by atoms with Crippen LogP contribution in [0.25, 0.3) is 0 Å². The van der Waals surface area contributed by atoms with Gasteiger partial charge in [0.25, 0.3) is 0 Å². The number of nitrogens with one attached hydrogen (secondary N) is 3. The quantitative estimate of drug-likeness (QED) is 0.192. The molecule has 32 heavy (non-hydrogen) atoms. The predicted molar refractivity (Wildman–Crippen MR) is 128 cm³/mol. The monoisotopic (exact) mass is 571 g/mol. The Balaban J connectivity index is 0.00000512. The summed E-state index contributed by atoms with van der Waals surface area (Å²) in [6.45, 7) is 7.03. The molecule has 0 aliphatic heterocycles. The molecule has 0 saturated heterocycles. The number of aromatic nitrogens is 1. The summed E-state index contributed by atoms with van der Waals surface area (Å²) < 4.78 is 43.1. The van der Waals surface area contributed by atoms with Crippen molar-refractivity contribution in [1.82, 2.24) is 20.9 Å². The van der Waals surface area contributed by atoms with Gasteiger partial charge < -0.3 is 20.7 Å². The molecule has 1 aliphatic carbocycles. The molecule has 1 aromatic heterocycles. The number of hydrogen-bond donors (Lipinski definition) is 3. The molecule has 0 radical (unpaired) electrons. The number of carbonyl (C=O) groups is 1. The van der Waals surface area contributed by atoms with Gasteiger partial charge in [-0.2, -0.15) is 13.2 Å². The van der Waals surface area contributed by atoms with Gasteiger partial charge in [-0.25, -0.2) is 9.98 Å². The molecule has 2 atom stereocenters. The maximum Gasteiger partial charge on any atom is 0.417 e. The van der Waals surface area contributed by atoms with Gasteiger partial charge in [-0.15, -0.1) is 24.0 Å². The third kappa shape index (κ3) is 9.78. The molecule has 0 spiro atoms. The fraction of sp³-hybridized carbons (Fsp3) is 0.667. The van der Waals surface area contributed by atoms with E-state index >= 15 is 0 Å². The summed E-state index contributed by atoms with van der Waals surface area (Å²) in [7, 11) is 0.